The topological polar surface area (TPSA) is 77.5 Å². The quantitative estimate of drug-likeness (QED) is 0.672. The summed E-state index contributed by atoms with van der Waals surface area (Å²) in [6.07, 6.45) is 2.84. The van der Waals surface area contributed by atoms with Crippen molar-refractivity contribution >= 4 is 17.6 Å². The molecule has 6 nitrogen and oxygen atoms in total. The van der Waals surface area contributed by atoms with E-state index in [1.807, 2.05) is 31.2 Å². The number of aryl methyl sites for hydroxylation is 1. The molecule has 1 aromatic heterocycles. The van der Waals surface area contributed by atoms with Gasteiger partial charge in [-0.1, -0.05) is 18.2 Å². The number of nitrogens with zero attached hydrogens (tertiary/aromatic N) is 1. The summed E-state index contributed by atoms with van der Waals surface area (Å²) in [4.78, 5) is 27.4. The lowest BCUT2D eigenvalue weighted by atomic mass is 10.1. The highest BCUT2D eigenvalue weighted by Gasteiger charge is 2.12. The summed E-state index contributed by atoms with van der Waals surface area (Å²) in [5.41, 5.74) is 3.51. The van der Waals surface area contributed by atoms with Gasteiger partial charge in [-0.3, -0.25) is 4.98 Å². The average molecular weight is 326 g/mol. The second kappa shape index (κ2) is 7.92. The van der Waals surface area contributed by atoms with Crippen LogP contribution in [-0.4, -0.2) is 31.1 Å². The van der Waals surface area contributed by atoms with E-state index >= 15 is 0 Å². The summed E-state index contributed by atoms with van der Waals surface area (Å²) in [7, 11) is 2.47. The zero-order valence-corrected chi connectivity index (χ0v) is 13.7. The van der Waals surface area contributed by atoms with Crippen LogP contribution in [0.4, 0.5) is 5.69 Å². The highest BCUT2D eigenvalue weighted by Crippen LogP contribution is 2.20. The molecule has 0 amide bonds. The Morgan fingerprint density at radius 1 is 1.04 bits per heavy atom. The van der Waals surface area contributed by atoms with Crippen LogP contribution in [0, 0.1) is 6.92 Å². The molecule has 24 heavy (non-hydrogen) atoms. The Hall–Kier alpha value is -3.15. The smallest absolute Gasteiger partial charge is 0.354 e. The minimum Gasteiger partial charge on any atom is -0.466 e. The first kappa shape index (κ1) is 17.2. The molecule has 0 aliphatic heterocycles. The van der Waals surface area contributed by atoms with E-state index in [0.29, 0.717) is 5.69 Å². The number of nitrogens with one attached hydrogen (secondary N) is 1. The predicted molar refractivity (Wildman–Crippen MR) is 90.1 cm³/mol. The van der Waals surface area contributed by atoms with E-state index in [9.17, 15) is 9.59 Å². The Balaban J connectivity index is 2.20. The summed E-state index contributed by atoms with van der Waals surface area (Å²) < 4.78 is 9.17. The van der Waals surface area contributed by atoms with Crippen molar-refractivity contribution < 1.29 is 19.1 Å². The molecule has 0 spiro atoms. The molecule has 0 radical (unpaired) electrons. The Labute approximate surface area is 140 Å². The first-order chi connectivity index (χ1) is 11.5. The number of aromatic nitrogens is 1. The average Bonchev–Trinajstić information content (AvgIpc) is 2.61. The fraction of sp³-hybridized carbons (Fsp3) is 0.167. The Kier molecular flexibility index (Phi) is 5.68. The summed E-state index contributed by atoms with van der Waals surface area (Å²) in [6, 6.07) is 11.2. The normalized spacial score (nSPS) is 10.9. The third-order valence-corrected chi connectivity index (χ3v) is 3.24. The van der Waals surface area contributed by atoms with Crippen molar-refractivity contribution in [1.82, 2.24) is 4.98 Å². The van der Waals surface area contributed by atoms with Gasteiger partial charge >= 0.3 is 11.9 Å². The number of hydrogen-bond acceptors (Lipinski definition) is 6. The number of benzene rings is 1. The van der Waals surface area contributed by atoms with Crippen LogP contribution in [0.1, 0.15) is 5.56 Å². The molecule has 2 aromatic rings. The molecule has 0 saturated heterocycles. The molecular formula is C18H18N2O4. The van der Waals surface area contributed by atoms with Crippen LogP contribution >= 0.6 is 0 Å². The molecule has 0 aliphatic rings. The van der Waals surface area contributed by atoms with E-state index in [1.54, 1.807) is 18.3 Å². The predicted octanol–water partition coefficient (Wildman–Crippen LogP) is 2.70. The monoisotopic (exact) mass is 326 g/mol. The molecule has 2 rings (SSSR count). The zero-order chi connectivity index (χ0) is 17.5. The molecule has 1 N–H and O–H groups in total. The van der Waals surface area contributed by atoms with Gasteiger partial charge in [-0.05, 0) is 30.7 Å². The maximum absolute atomic E-state index is 11.7. The van der Waals surface area contributed by atoms with Crippen LogP contribution in [0.2, 0.25) is 0 Å². The molecule has 1 heterocycles. The summed E-state index contributed by atoms with van der Waals surface area (Å²) in [5, 5.41) is 2.85. The van der Waals surface area contributed by atoms with Gasteiger partial charge < -0.3 is 14.8 Å². The fourth-order valence-corrected chi connectivity index (χ4v) is 1.95. The van der Waals surface area contributed by atoms with Gasteiger partial charge in [0.05, 0.1) is 26.0 Å². The largest absolute Gasteiger partial charge is 0.466 e. The van der Waals surface area contributed by atoms with Gasteiger partial charge in [-0.25, -0.2) is 9.59 Å². The van der Waals surface area contributed by atoms with Crippen molar-refractivity contribution in [3.8, 4) is 11.3 Å². The van der Waals surface area contributed by atoms with Crippen molar-refractivity contribution in [2.24, 2.45) is 0 Å². The molecule has 0 fully saturated rings. The molecule has 0 atom stereocenters. The number of carbonyl (C=O) groups excluding carboxylic acids is 2. The lowest BCUT2D eigenvalue weighted by molar-refractivity contribution is -0.138. The Morgan fingerprint density at radius 3 is 2.29 bits per heavy atom. The van der Waals surface area contributed by atoms with Gasteiger partial charge in [0.25, 0.3) is 0 Å². The number of pyridine rings is 1. The fourth-order valence-electron chi connectivity index (χ4n) is 1.95. The standard InChI is InChI=1S/C18H18N2O4/c1-12-4-9-15(19-11-12)13-5-7-14(8-6-13)20-16(18(22)24-3)10-17(21)23-2/h4-11,20H,1-3H3/b16-10+. The van der Waals surface area contributed by atoms with Gasteiger partial charge in [0.2, 0.25) is 0 Å². The SMILES string of the molecule is COC(=O)/C=C(/Nc1ccc(-c2ccc(C)cn2)cc1)C(=O)OC. The van der Waals surface area contributed by atoms with Crippen LogP contribution < -0.4 is 5.32 Å². The van der Waals surface area contributed by atoms with Gasteiger partial charge in [-0.15, -0.1) is 0 Å². The molecule has 1 aromatic carbocycles. The maximum Gasteiger partial charge on any atom is 0.354 e. The number of hydrogen-bond donors (Lipinski definition) is 1. The maximum atomic E-state index is 11.7. The summed E-state index contributed by atoms with van der Waals surface area (Å²) >= 11 is 0. The van der Waals surface area contributed by atoms with Crippen molar-refractivity contribution in [2.45, 2.75) is 6.92 Å². The third kappa shape index (κ3) is 4.42. The van der Waals surface area contributed by atoms with Crippen molar-refractivity contribution in [2.75, 3.05) is 19.5 Å². The summed E-state index contributed by atoms with van der Waals surface area (Å²) in [6.45, 7) is 1.98. The first-order valence-electron chi connectivity index (χ1n) is 7.21. The number of ether oxygens (including phenoxy) is 2. The number of rotatable bonds is 5. The first-order valence-corrected chi connectivity index (χ1v) is 7.21. The molecule has 6 heteroatoms. The Bertz CT molecular complexity index is 750. The number of carbonyl (C=O) groups is 2. The van der Waals surface area contributed by atoms with E-state index in [1.165, 1.54) is 14.2 Å². The van der Waals surface area contributed by atoms with E-state index < -0.39 is 11.9 Å². The number of anilines is 1. The van der Waals surface area contributed by atoms with E-state index in [0.717, 1.165) is 22.9 Å². The highest BCUT2D eigenvalue weighted by atomic mass is 16.5. The van der Waals surface area contributed by atoms with Gasteiger partial charge in [0.15, 0.2) is 0 Å². The van der Waals surface area contributed by atoms with Gasteiger partial charge in [0, 0.05) is 17.4 Å². The minimum atomic E-state index is -0.662. The van der Waals surface area contributed by atoms with E-state index in [4.69, 9.17) is 0 Å². The molecule has 124 valence electrons. The number of methoxy groups -OCH3 is 2. The van der Waals surface area contributed by atoms with Crippen molar-refractivity contribution in [1.29, 1.82) is 0 Å². The zero-order valence-electron chi connectivity index (χ0n) is 13.7. The van der Waals surface area contributed by atoms with Crippen molar-refractivity contribution in [3.05, 3.63) is 59.9 Å². The third-order valence-electron chi connectivity index (χ3n) is 3.24. The molecular weight excluding hydrogens is 308 g/mol. The number of esters is 2. The second-order valence-electron chi connectivity index (χ2n) is 5.00. The van der Waals surface area contributed by atoms with Gasteiger partial charge in [-0.2, -0.15) is 0 Å². The molecule has 0 unspecified atom stereocenters. The van der Waals surface area contributed by atoms with Crippen LogP contribution in [0.3, 0.4) is 0 Å². The minimum absolute atomic E-state index is 0.00874. The van der Waals surface area contributed by atoms with Crippen molar-refractivity contribution in [3.63, 3.8) is 0 Å². The van der Waals surface area contributed by atoms with Crippen LogP contribution in [0.15, 0.2) is 54.4 Å². The second-order valence-corrected chi connectivity index (χ2v) is 5.00. The lowest BCUT2D eigenvalue weighted by Gasteiger charge is -2.10. The van der Waals surface area contributed by atoms with E-state index in [2.05, 4.69) is 19.8 Å². The van der Waals surface area contributed by atoms with Crippen LogP contribution in [-0.2, 0) is 19.1 Å². The van der Waals surface area contributed by atoms with Crippen LogP contribution in [0.5, 0.6) is 0 Å². The molecule has 0 saturated carbocycles. The highest BCUT2D eigenvalue weighted by molar-refractivity contribution is 5.98. The Morgan fingerprint density at radius 2 is 1.75 bits per heavy atom. The lowest BCUT2D eigenvalue weighted by Crippen LogP contribution is -2.15. The van der Waals surface area contributed by atoms with Gasteiger partial charge in [0.1, 0.15) is 5.70 Å². The molecule has 0 bridgehead atoms. The van der Waals surface area contributed by atoms with E-state index in [-0.39, 0.29) is 5.70 Å². The molecule has 0 aliphatic carbocycles. The van der Waals surface area contributed by atoms with Crippen LogP contribution in [0.25, 0.3) is 11.3 Å². The summed E-state index contributed by atoms with van der Waals surface area (Å²) in [5.74, 6) is -1.31.